The smallest absolute Gasteiger partial charge is 0.411 e. The molecule has 0 radical (unpaired) electrons. The first-order valence-electron chi connectivity index (χ1n) is 7.80. The number of amides is 1. The average molecular weight is 297 g/mol. The van der Waals surface area contributed by atoms with Crippen LogP contribution in [0.15, 0.2) is 0 Å². The molecule has 120 valence electrons. The molecule has 1 saturated heterocycles. The zero-order chi connectivity index (χ0) is 15.9. The van der Waals surface area contributed by atoms with Crippen LogP contribution in [0.5, 0.6) is 0 Å². The summed E-state index contributed by atoms with van der Waals surface area (Å²) in [5.74, 6) is 0.811. The maximum atomic E-state index is 12.6. The second kappa shape index (κ2) is 5.50. The van der Waals surface area contributed by atoms with Crippen LogP contribution in [-0.4, -0.2) is 41.8 Å². The first kappa shape index (κ1) is 16.1. The van der Waals surface area contributed by atoms with Crippen LogP contribution in [-0.2, 0) is 14.3 Å². The van der Waals surface area contributed by atoms with Gasteiger partial charge in [0.05, 0.1) is 7.11 Å². The molecule has 0 aromatic carbocycles. The second-order valence-corrected chi connectivity index (χ2v) is 7.25. The molecular weight excluding hydrogens is 270 g/mol. The summed E-state index contributed by atoms with van der Waals surface area (Å²) in [7, 11) is 1.38. The van der Waals surface area contributed by atoms with Crippen LogP contribution in [0, 0.1) is 17.8 Å². The second-order valence-electron chi connectivity index (χ2n) is 7.25. The molecule has 5 atom stereocenters. The van der Waals surface area contributed by atoms with Crippen LogP contribution in [0.1, 0.15) is 47.5 Å². The molecule has 1 amide bonds. The molecule has 21 heavy (non-hydrogen) atoms. The molecule has 2 fully saturated rings. The Morgan fingerprint density at radius 2 is 1.86 bits per heavy atom. The van der Waals surface area contributed by atoms with E-state index in [1.54, 1.807) is 4.90 Å². The minimum Gasteiger partial charge on any atom is -0.467 e. The third kappa shape index (κ3) is 3.01. The zero-order valence-corrected chi connectivity index (χ0v) is 13.9. The Hall–Kier alpha value is -1.26. The summed E-state index contributed by atoms with van der Waals surface area (Å²) in [6, 6.07) is -0.455. The Morgan fingerprint density at radius 1 is 1.24 bits per heavy atom. The Balaban J connectivity index is 2.29. The number of ether oxygens (including phenoxy) is 2. The van der Waals surface area contributed by atoms with E-state index >= 15 is 0 Å². The fraction of sp³-hybridized carbons (Fsp3) is 0.875. The Morgan fingerprint density at radius 3 is 2.33 bits per heavy atom. The van der Waals surface area contributed by atoms with Gasteiger partial charge < -0.3 is 9.47 Å². The van der Waals surface area contributed by atoms with E-state index in [0.29, 0.717) is 11.8 Å². The number of fused-ring (bicyclic) bond motifs is 1. The predicted octanol–water partition coefficient (Wildman–Crippen LogP) is 2.83. The maximum Gasteiger partial charge on any atom is 0.411 e. The Bertz CT molecular complexity index is 428. The maximum absolute atomic E-state index is 12.6. The average Bonchev–Trinajstić information content (AvgIpc) is 3.16. The lowest BCUT2D eigenvalue weighted by Gasteiger charge is -2.43. The van der Waals surface area contributed by atoms with Gasteiger partial charge in [-0.2, -0.15) is 0 Å². The van der Waals surface area contributed by atoms with Gasteiger partial charge in [0.15, 0.2) is 0 Å². The minimum absolute atomic E-state index is 0.0742. The van der Waals surface area contributed by atoms with E-state index in [-0.39, 0.29) is 17.9 Å². The topological polar surface area (TPSA) is 55.8 Å². The SMILES string of the molecule is CCC1[C@H]2C[C@H]2C(C)[C@H](C(=O)OC)N1C(=O)OC(C)(C)C. The third-order valence-electron chi connectivity index (χ3n) is 4.68. The molecule has 1 aliphatic carbocycles. The van der Waals surface area contributed by atoms with Crippen LogP contribution >= 0.6 is 0 Å². The van der Waals surface area contributed by atoms with Crippen molar-refractivity contribution in [1.82, 2.24) is 4.90 Å². The summed E-state index contributed by atoms with van der Waals surface area (Å²) in [6.45, 7) is 9.61. The largest absolute Gasteiger partial charge is 0.467 e. The summed E-state index contributed by atoms with van der Waals surface area (Å²) in [5.41, 5.74) is -0.570. The van der Waals surface area contributed by atoms with Gasteiger partial charge in [0.25, 0.3) is 0 Å². The third-order valence-corrected chi connectivity index (χ3v) is 4.68. The van der Waals surface area contributed by atoms with Crippen molar-refractivity contribution in [2.24, 2.45) is 17.8 Å². The monoisotopic (exact) mass is 297 g/mol. The van der Waals surface area contributed by atoms with Gasteiger partial charge in [-0.15, -0.1) is 0 Å². The molecule has 2 rings (SSSR count). The van der Waals surface area contributed by atoms with Gasteiger partial charge >= 0.3 is 12.1 Å². The normalized spacial score (nSPS) is 35.0. The highest BCUT2D eigenvalue weighted by Gasteiger charge is 2.59. The predicted molar refractivity (Wildman–Crippen MR) is 78.7 cm³/mol. The molecule has 1 aliphatic heterocycles. The molecule has 1 saturated carbocycles. The minimum atomic E-state index is -0.570. The number of esters is 1. The van der Waals surface area contributed by atoms with Crippen molar-refractivity contribution in [3.05, 3.63) is 0 Å². The number of nitrogens with zero attached hydrogens (tertiary/aromatic N) is 1. The van der Waals surface area contributed by atoms with Gasteiger partial charge in [-0.05, 0) is 51.4 Å². The standard InChI is InChI=1S/C16H27NO4/c1-7-12-11-8-10(11)9(2)13(14(18)20-6)17(12)15(19)21-16(3,4)5/h9-13H,7-8H2,1-6H3/t9?,10-,11-,12?,13+/m0/s1. The molecule has 0 bridgehead atoms. The van der Waals surface area contributed by atoms with Gasteiger partial charge in [0.2, 0.25) is 0 Å². The van der Waals surface area contributed by atoms with E-state index in [4.69, 9.17) is 9.47 Å². The highest BCUT2D eigenvalue weighted by atomic mass is 16.6. The molecule has 2 unspecified atom stereocenters. The van der Waals surface area contributed by atoms with Crippen LogP contribution < -0.4 is 0 Å². The molecule has 1 heterocycles. The number of rotatable bonds is 2. The summed E-state index contributed by atoms with van der Waals surface area (Å²) >= 11 is 0. The van der Waals surface area contributed by atoms with E-state index in [0.717, 1.165) is 12.8 Å². The highest BCUT2D eigenvalue weighted by molar-refractivity contribution is 5.82. The lowest BCUT2D eigenvalue weighted by atomic mass is 9.86. The number of methoxy groups -OCH3 is 1. The first-order valence-corrected chi connectivity index (χ1v) is 7.80. The van der Waals surface area contributed by atoms with Crippen molar-refractivity contribution >= 4 is 12.1 Å². The number of likely N-dealkylation sites (tertiary alicyclic amines) is 1. The van der Waals surface area contributed by atoms with Gasteiger partial charge in [0, 0.05) is 6.04 Å². The molecule has 0 spiro atoms. The van der Waals surface area contributed by atoms with Gasteiger partial charge in [0.1, 0.15) is 11.6 Å². The summed E-state index contributed by atoms with van der Waals surface area (Å²) in [5, 5.41) is 0. The summed E-state index contributed by atoms with van der Waals surface area (Å²) in [6.07, 6.45) is 1.52. The van der Waals surface area contributed by atoms with Crippen molar-refractivity contribution in [2.45, 2.75) is 65.1 Å². The zero-order valence-electron chi connectivity index (χ0n) is 13.9. The lowest BCUT2D eigenvalue weighted by molar-refractivity contribution is -0.152. The van der Waals surface area contributed by atoms with Gasteiger partial charge in [-0.1, -0.05) is 13.8 Å². The number of carbonyl (C=O) groups is 2. The van der Waals surface area contributed by atoms with Gasteiger partial charge in [-0.3, -0.25) is 4.90 Å². The molecule has 0 N–H and O–H groups in total. The molecule has 5 nitrogen and oxygen atoms in total. The van der Waals surface area contributed by atoms with Crippen LogP contribution in [0.25, 0.3) is 0 Å². The fourth-order valence-corrected chi connectivity index (χ4v) is 3.69. The van der Waals surface area contributed by atoms with Crippen molar-refractivity contribution in [2.75, 3.05) is 7.11 Å². The van der Waals surface area contributed by atoms with E-state index in [9.17, 15) is 9.59 Å². The molecule has 5 heteroatoms. The quantitative estimate of drug-likeness (QED) is 0.735. The Labute approximate surface area is 127 Å². The van der Waals surface area contributed by atoms with Gasteiger partial charge in [-0.25, -0.2) is 9.59 Å². The summed E-state index contributed by atoms with van der Waals surface area (Å²) < 4.78 is 10.5. The fourth-order valence-electron chi connectivity index (χ4n) is 3.69. The van der Waals surface area contributed by atoms with E-state index in [1.165, 1.54) is 7.11 Å². The van der Waals surface area contributed by atoms with E-state index in [2.05, 4.69) is 6.92 Å². The number of hydrogen-bond acceptors (Lipinski definition) is 4. The number of carbonyl (C=O) groups excluding carboxylic acids is 2. The highest BCUT2D eigenvalue weighted by Crippen LogP contribution is 2.55. The van der Waals surface area contributed by atoms with Crippen LogP contribution in [0.2, 0.25) is 0 Å². The molecular formula is C16H27NO4. The molecule has 0 aromatic rings. The van der Waals surface area contributed by atoms with Crippen LogP contribution in [0.4, 0.5) is 4.79 Å². The van der Waals surface area contributed by atoms with Crippen molar-refractivity contribution in [3.8, 4) is 0 Å². The van der Waals surface area contributed by atoms with Crippen molar-refractivity contribution in [1.29, 1.82) is 0 Å². The van der Waals surface area contributed by atoms with E-state index in [1.807, 2.05) is 27.7 Å². The first-order chi connectivity index (χ1) is 9.71. The lowest BCUT2D eigenvalue weighted by Crippen LogP contribution is -2.58. The van der Waals surface area contributed by atoms with E-state index < -0.39 is 17.7 Å². The Kier molecular flexibility index (Phi) is 4.22. The summed E-state index contributed by atoms with van der Waals surface area (Å²) in [4.78, 5) is 26.5. The number of hydrogen-bond donors (Lipinski definition) is 0. The van der Waals surface area contributed by atoms with Crippen molar-refractivity contribution in [3.63, 3.8) is 0 Å². The van der Waals surface area contributed by atoms with Crippen molar-refractivity contribution < 1.29 is 19.1 Å². The molecule has 0 aromatic heterocycles. The van der Waals surface area contributed by atoms with Crippen LogP contribution in [0.3, 0.4) is 0 Å². The molecule has 2 aliphatic rings. The number of piperidine rings is 1.